The average Bonchev–Trinajstić information content (AvgIpc) is 2.54. The second kappa shape index (κ2) is 5.56. The number of nitrogens with zero attached hydrogens (tertiary/aromatic N) is 1. The highest BCUT2D eigenvalue weighted by molar-refractivity contribution is 5.98. The van der Waals surface area contributed by atoms with Crippen LogP contribution in [-0.2, 0) is 11.2 Å². The molecule has 2 aromatic rings. The van der Waals surface area contributed by atoms with Crippen LogP contribution in [-0.4, -0.2) is 19.0 Å². The van der Waals surface area contributed by atoms with Crippen molar-refractivity contribution >= 4 is 17.3 Å². The molecule has 1 N–H and O–H groups in total. The zero-order valence-electron chi connectivity index (χ0n) is 11.8. The van der Waals surface area contributed by atoms with E-state index in [2.05, 4.69) is 11.4 Å². The molecule has 1 aliphatic rings. The highest BCUT2D eigenvalue weighted by atomic mass is 19.1. The van der Waals surface area contributed by atoms with Crippen molar-refractivity contribution in [3.63, 3.8) is 0 Å². The molecule has 1 unspecified atom stereocenters. The van der Waals surface area contributed by atoms with E-state index in [1.54, 1.807) is 24.1 Å². The average molecular weight is 284 g/mol. The molecule has 0 radical (unpaired) electrons. The maximum atomic E-state index is 13.0. The Labute approximate surface area is 123 Å². The van der Waals surface area contributed by atoms with Gasteiger partial charge in [0.05, 0.1) is 0 Å². The predicted molar refractivity (Wildman–Crippen MR) is 82.0 cm³/mol. The summed E-state index contributed by atoms with van der Waals surface area (Å²) in [6.45, 7) is 0. The molecule has 0 fully saturated rings. The van der Waals surface area contributed by atoms with Gasteiger partial charge >= 0.3 is 0 Å². The largest absolute Gasteiger partial charge is 0.373 e. The van der Waals surface area contributed by atoms with Gasteiger partial charge in [-0.1, -0.05) is 18.2 Å². The van der Waals surface area contributed by atoms with Crippen LogP contribution in [0.25, 0.3) is 0 Å². The highest BCUT2D eigenvalue weighted by Crippen LogP contribution is 2.26. The lowest BCUT2D eigenvalue weighted by Crippen LogP contribution is -2.43. The van der Waals surface area contributed by atoms with Crippen molar-refractivity contribution < 1.29 is 9.18 Å². The number of hydrogen-bond donors (Lipinski definition) is 1. The van der Waals surface area contributed by atoms with Gasteiger partial charge in [0.25, 0.3) is 0 Å². The fraction of sp³-hybridized carbons (Fsp3) is 0.235. The van der Waals surface area contributed by atoms with Crippen LogP contribution in [0, 0.1) is 5.82 Å². The normalized spacial score (nSPS) is 16.8. The zero-order chi connectivity index (χ0) is 14.8. The highest BCUT2D eigenvalue weighted by Gasteiger charge is 2.26. The van der Waals surface area contributed by atoms with E-state index in [-0.39, 0.29) is 17.8 Å². The smallest absolute Gasteiger partial charge is 0.249 e. The number of halogens is 1. The fourth-order valence-electron chi connectivity index (χ4n) is 2.65. The van der Waals surface area contributed by atoms with Gasteiger partial charge in [0.15, 0.2) is 0 Å². The summed E-state index contributed by atoms with van der Waals surface area (Å²) in [5, 5.41) is 3.29. The Morgan fingerprint density at radius 2 is 1.90 bits per heavy atom. The van der Waals surface area contributed by atoms with Crippen LogP contribution in [0.4, 0.5) is 15.8 Å². The molecule has 0 aromatic heterocycles. The SMILES string of the molecule is CN(C(=O)C1CCc2ccccc2N1)c1ccc(F)cc1. The number of aryl methyl sites for hydroxylation is 1. The summed E-state index contributed by atoms with van der Waals surface area (Å²) >= 11 is 0. The van der Waals surface area contributed by atoms with E-state index >= 15 is 0 Å². The summed E-state index contributed by atoms with van der Waals surface area (Å²) < 4.78 is 13.0. The lowest BCUT2D eigenvalue weighted by Gasteiger charge is -2.29. The molecule has 0 bridgehead atoms. The summed E-state index contributed by atoms with van der Waals surface area (Å²) in [5.41, 5.74) is 2.96. The first-order chi connectivity index (χ1) is 10.1. The number of nitrogens with one attached hydrogen (secondary N) is 1. The van der Waals surface area contributed by atoms with Gasteiger partial charge in [0.1, 0.15) is 11.9 Å². The molecule has 1 heterocycles. The molecule has 2 aromatic carbocycles. The van der Waals surface area contributed by atoms with Gasteiger partial charge in [-0.2, -0.15) is 0 Å². The van der Waals surface area contributed by atoms with Crippen LogP contribution in [0.3, 0.4) is 0 Å². The Balaban J connectivity index is 1.75. The van der Waals surface area contributed by atoms with Gasteiger partial charge in [0.2, 0.25) is 5.91 Å². The molecule has 1 aliphatic heterocycles. The standard InChI is InChI=1S/C17H17FN2O/c1-20(14-9-7-13(18)8-10-14)17(21)16-11-6-12-4-2-3-5-15(12)19-16/h2-5,7-10,16,19H,6,11H2,1H3. The van der Waals surface area contributed by atoms with Gasteiger partial charge in [-0.3, -0.25) is 4.79 Å². The molecular formula is C17H17FN2O. The maximum Gasteiger partial charge on any atom is 0.249 e. The molecule has 0 saturated heterocycles. The Morgan fingerprint density at radius 3 is 2.67 bits per heavy atom. The van der Waals surface area contributed by atoms with Crippen molar-refractivity contribution in [3.05, 3.63) is 59.9 Å². The quantitative estimate of drug-likeness (QED) is 0.918. The zero-order valence-corrected chi connectivity index (χ0v) is 11.8. The topological polar surface area (TPSA) is 32.3 Å². The first-order valence-corrected chi connectivity index (χ1v) is 7.03. The summed E-state index contributed by atoms with van der Waals surface area (Å²) in [5.74, 6) is -0.305. The Hall–Kier alpha value is -2.36. The summed E-state index contributed by atoms with van der Waals surface area (Å²) in [6.07, 6.45) is 1.65. The minimum absolute atomic E-state index is 0.00360. The van der Waals surface area contributed by atoms with E-state index in [1.807, 2.05) is 18.2 Å². The lowest BCUT2D eigenvalue weighted by atomic mass is 9.97. The van der Waals surface area contributed by atoms with Crippen LogP contribution >= 0.6 is 0 Å². The number of benzene rings is 2. The minimum Gasteiger partial charge on any atom is -0.373 e. The molecule has 21 heavy (non-hydrogen) atoms. The van der Waals surface area contributed by atoms with Crippen molar-refractivity contribution in [1.29, 1.82) is 0 Å². The third-order valence-corrected chi connectivity index (χ3v) is 3.89. The van der Waals surface area contributed by atoms with Crippen LogP contribution in [0.1, 0.15) is 12.0 Å². The molecule has 4 heteroatoms. The van der Waals surface area contributed by atoms with Crippen molar-refractivity contribution in [2.24, 2.45) is 0 Å². The molecular weight excluding hydrogens is 267 g/mol. The summed E-state index contributed by atoms with van der Waals surface area (Å²) in [4.78, 5) is 14.1. The Kier molecular flexibility index (Phi) is 3.60. The van der Waals surface area contributed by atoms with Gasteiger partial charge in [-0.25, -0.2) is 4.39 Å². The van der Waals surface area contributed by atoms with E-state index in [0.29, 0.717) is 5.69 Å². The Morgan fingerprint density at radius 1 is 1.19 bits per heavy atom. The van der Waals surface area contributed by atoms with Crippen LogP contribution < -0.4 is 10.2 Å². The first-order valence-electron chi connectivity index (χ1n) is 7.03. The molecule has 0 saturated carbocycles. The summed E-state index contributed by atoms with van der Waals surface area (Å²) in [7, 11) is 1.72. The molecule has 1 amide bonds. The van der Waals surface area contributed by atoms with Gasteiger partial charge in [-0.05, 0) is 48.7 Å². The second-order valence-corrected chi connectivity index (χ2v) is 5.27. The molecule has 0 aliphatic carbocycles. The van der Waals surface area contributed by atoms with E-state index in [9.17, 15) is 9.18 Å². The van der Waals surface area contributed by atoms with E-state index in [1.165, 1.54) is 17.7 Å². The minimum atomic E-state index is -0.302. The van der Waals surface area contributed by atoms with Crippen molar-refractivity contribution in [2.75, 3.05) is 17.3 Å². The number of fused-ring (bicyclic) bond motifs is 1. The third kappa shape index (κ3) is 2.75. The van der Waals surface area contributed by atoms with E-state index in [0.717, 1.165) is 18.5 Å². The second-order valence-electron chi connectivity index (χ2n) is 5.27. The maximum absolute atomic E-state index is 13.0. The predicted octanol–water partition coefficient (Wildman–Crippen LogP) is 3.22. The summed E-state index contributed by atoms with van der Waals surface area (Å²) in [6, 6.07) is 13.8. The van der Waals surface area contributed by atoms with Gasteiger partial charge in [0, 0.05) is 18.4 Å². The molecule has 1 atom stereocenters. The number of para-hydroxylation sites is 1. The number of anilines is 2. The number of hydrogen-bond acceptors (Lipinski definition) is 2. The van der Waals surface area contributed by atoms with Crippen LogP contribution in [0.2, 0.25) is 0 Å². The number of likely N-dealkylation sites (N-methyl/N-ethyl adjacent to an activating group) is 1. The van der Waals surface area contributed by atoms with Crippen LogP contribution in [0.5, 0.6) is 0 Å². The fourth-order valence-corrected chi connectivity index (χ4v) is 2.65. The molecule has 3 nitrogen and oxygen atoms in total. The number of carbonyl (C=O) groups excluding carboxylic acids is 1. The molecule has 108 valence electrons. The molecule has 0 spiro atoms. The number of carbonyl (C=O) groups is 1. The number of rotatable bonds is 2. The Bertz CT molecular complexity index is 654. The third-order valence-electron chi connectivity index (χ3n) is 3.89. The lowest BCUT2D eigenvalue weighted by molar-refractivity contribution is -0.119. The monoisotopic (exact) mass is 284 g/mol. The van der Waals surface area contributed by atoms with Crippen molar-refractivity contribution in [2.45, 2.75) is 18.9 Å². The van der Waals surface area contributed by atoms with E-state index in [4.69, 9.17) is 0 Å². The van der Waals surface area contributed by atoms with Gasteiger partial charge < -0.3 is 10.2 Å². The van der Waals surface area contributed by atoms with Crippen molar-refractivity contribution in [3.8, 4) is 0 Å². The van der Waals surface area contributed by atoms with Crippen LogP contribution in [0.15, 0.2) is 48.5 Å². The van der Waals surface area contributed by atoms with Crippen molar-refractivity contribution in [1.82, 2.24) is 0 Å². The van der Waals surface area contributed by atoms with E-state index < -0.39 is 0 Å². The van der Waals surface area contributed by atoms with Gasteiger partial charge in [-0.15, -0.1) is 0 Å². The first kappa shape index (κ1) is 13.6. The molecule has 3 rings (SSSR count). The number of amides is 1.